The van der Waals surface area contributed by atoms with Gasteiger partial charge in [-0.1, -0.05) is 35.3 Å². The van der Waals surface area contributed by atoms with Gasteiger partial charge < -0.3 is 24.9 Å². The largest absolute Gasteiger partial charge is 0.619 e. The highest BCUT2D eigenvalue weighted by Gasteiger charge is 2.38. The van der Waals surface area contributed by atoms with E-state index < -0.39 is 0 Å². The normalized spacial score (nSPS) is 21.0. The van der Waals surface area contributed by atoms with Gasteiger partial charge in [0.05, 0.1) is 29.9 Å². The Morgan fingerprint density at radius 2 is 1.30 bits per heavy atom. The van der Waals surface area contributed by atoms with Crippen LogP contribution in [-0.2, 0) is 46.4 Å². The van der Waals surface area contributed by atoms with Crippen molar-refractivity contribution in [3.8, 4) is 0 Å². The van der Waals surface area contributed by atoms with Gasteiger partial charge in [-0.15, -0.1) is 0 Å². The molecule has 4 atom stereocenters. The molecule has 2 saturated heterocycles. The van der Waals surface area contributed by atoms with Crippen LogP contribution in [0.1, 0.15) is 75.3 Å². The van der Waals surface area contributed by atoms with Crippen molar-refractivity contribution in [2.45, 2.75) is 69.1 Å². The van der Waals surface area contributed by atoms with Gasteiger partial charge in [0.15, 0.2) is 12.4 Å². The van der Waals surface area contributed by atoms with E-state index >= 15 is 0 Å². The fourth-order valence-electron chi connectivity index (χ4n) is 9.88. The summed E-state index contributed by atoms with van der Waals surface area (Å²) >= 11 is 19.9. The third-order valence-electron chi connectivity index (χ3n) is 13.0. The zero-order chi connectivity index (χ0) is 44.7. The number of rotatable bonds is 10. The Hall–Kier alpha value is -3.50. The second-order valence-corrected chi connectivity index (χ2v) is 19.8. The van der Waals surface area contributed by atoms with Gasteiger partial charge in [0.25, 0.3) is 0 Å². The number of nitrogens with zero attached hydrogens (tertiary/aromatic N) is 6. The number of methoxy groups -OCH3 is 2. The minimum Gasteiger partial charge on any atom is -0.619 e. The van der Waals surface area contributed by atoms with Crippen LogP contribution in [-0.4, -0.2) is 109 Å². The SMILES string of the molecule is COCC[C@H]1CN(C2c3ccc(Cl)cc3CCc3cc(Br)cnc32)CCN1.COCC[C@H]1CN(C2c3ccc(Cl)cc3CCc3cc(Br)cnc32)CCN1C(=O)Cc1cc[n+]([O-])cc1. The molecule has 9 rings (SSSR count). The number of aryl methyl sites for hydroxylation is 4. The molecule has 0 radical (unpaired) electrons. The molecule has 2 aliphatic heterocycles. The van der Waals surface area contributed by atoms with E-state index in [9.17, 15) is 10.0 Å². The standard InChI is InChI=1S/C28H30BrClN4O3.C21H25BrClN3O/c1-37-13-8-24-18-32(11-12-34(24)26(35)14-19-6-9-33(36)10-7-19)28-25-5-4-23(30)16-20(25)2-3-21-15-22(29)17-31-27(21)28;1-27-9-6-18-13-26(8-7-24-18)21-19-5-4-17(23)11-14(19)2-3-15-10-16(22)12-25-20(15)21/h4-7,9-10,15-17,24,28H,2-3,8,11-14,18H2,1H3;4-5,10-12,18,21,24H,2-3,6-9,13H2,1H3/t24-,28?;18-,21?/m00/s1. The molecule has 2 unspecified atom stereocenters. The van der Waals surface area contributed by atoms with E-state index in [0.29, 0.717) is 25.7 Å². The van der Waals surface area contributed by atoms with E-state index in [4.69, 9.17) is 42.6 Å². The van der Waals surface area contributed by atoms with Crippen LogP contribution in [0.5, 0.6) is 0 Å². The van der Waals surface area contributed by atoms with Crippen LogP contribution in [0.15, 0.2) is 94.4 Å². The van der Waals surface area contributed by atoms with Gasteiger partial charge in [-0.25, -0.2) is 0 Å². The highest BCUT2D eigenvalue weighted by Crippen LogP contribution is 2.40. The van der Waals surface area contributed by atoms with Gasteiger partial charge in [0, 0.05) is 122 Å². The van der Waals surface area contributed by atoms with E-state index in [1.165, 1.54) is 51.5 Å². The third-order valence-corrected chi connectivity index (χ3v) is 14.3. The Morgan fingerprint density at radius 3 is 1.88 bits per heavy atom. The van der Waals surface area contributed by atoms with Crippen LogP contribution < -0.4 is 10.0 Å². The summed E-state index contributed by atoms with van der Waals surface area (Å²) in [6, 6.07) is 21.0. The van der Waals surface area contributed by atoms with Gasteiger partial charge in [-0.2, -0.15) is 4.73 Å². The number of hydrogen-bond donors (Lipinski definition) is 1. The van der Waals surface area contributed by atoms with E-state index in [2.05, 4.69) is 83.4 Å². The molecule has 2 fully saturated rings. The molecule has 1 amide bonds. The summed E-state index contributed by atoms with van der Waals surface area (Å²) in [6.45, 7) is 6.41. The molecule has 338 valence electrons. The average Bonchev–Trinajstić information content (AvgIpc) is 3.55. The van der Waals surface area contributed by atoms with Gasteiger partial charge in [0.1, 0.15) is 0 Å². The van der Waals surface area contributed by atoms with Crippen molar-refractivity contribution < 1.29 is 19.0 Å². The lowest BCUT2D eigenvalue weighted by Crippen LogP contribution is -2.56. The first-order chi connectivity index (χ1) is 31.1. The second-order valence-electron chi connectivity index (χ2n) is 17.1. The predicted octanol–water partition coefficient (Wildman–Crippen LogP) is 8.11. The Morgan fingerprint density at radius 1 is 0.750 bits per heavy atom. The van der Waals surface area contributed by atoms with Gasteiger partial charge in [0.2, 0.25) is 5.91 Å². The molecule has 2 aliphatic carbocycles. The molecule has 5 aromatic rings. The van der Waals surface area contributed by atoms with E-state index in [1.54, 1.807) is 26.4 Å². The second kappa shape index (κ2) is 21.9. The fraction of sp³-hybridized carbons (Fsp3) is 0.429. The van der Waals surface area contributed by atoms with Crippen LogP contribution in [0.3, 0.4) is 0 Å². The van der Waals surface area contributed by atoms with Crippen molar-refractivity contribution in [1.82, 2.24) is 30.0 Å². The minimum absolute atomic E-state index is 0.00672. The molecular formula is C49H55Br2Cl2N7O4. The van der Waals surface area contributed by atoms with E-state index in [1.807, 2.05) is 29.4 Å². The molecule has 0 saturated carbocycles. The molecular weight excluding hydrogens is 981 g/mol. The first-order valence-electron chi connectivity index (χ1n) is 22.1. The average molecular weight is 1040 g/mol. The van der Waals surface area contributed by atoms with E-state index in [0.717, 1.165) is 106 Å². The molecule has 64 heavy (non-hydrogen) atoms. The van der Waals surface area contributed by atoms with Crippen LogP contribution in [0, 0.1) is 5.21 Å². The fourth-order valence-corrected chi connectivity index (χ4v) is 11.0. The molecule has 1 N–H and O–H groups in total. The van der Waals surface area contributed by atoms with Crippen molar-refractivity contribution in [2.75, 3.05) is 66.7 Å². The van der Waals surface area contributed by atoms with Crippen LogP contribution in [0.4, 0.5) is 0 Å². The van der Waals surface area contributed by atoms with Crippen LogP contribution in [0.2, 0.25) is 10.0 Å². The highest BCUT2D eigenvalue weighted by atomic mass is 79.9. The molecule has 2 aromatic carbocycles. The zero-order valence-corrected chi connectivity index (χ0v) is 41.0. The van der Waals surface area contributed by atoms with Crippen LogP contribution in [0.25, 0.3) is 0 Å². The quantitative estimate of drug-likeness (QED) is 0.110. The number of nitrogens with one attached hydrogen (secondary N) is 1. The number of hydrogen-bond acceptors (Lipinski definition) is 9. The highest BCUT2D eigenvalue weighted by molar-refractivity contribution is 9.10. The molecule has 4 aliphatic rings. The Balaban J connectivity index is 0.000000184. The zero-order valence-electron chi connectivity index (χ0n) is 36.3. The number of aromatic nitrogens is 3. The molecule has 3 aromatic heterocycles. The minimum atomic E-state index is -0.0122. The summed E-state index contributed by atoms with van der Waals surface area (Å²) in [5.74, 6) is 0.0694. The summed E-state index contributed by atoms with van der Waals surface area (Å²) in [7, 11) is 3.46. The van der Waals surface area contributed by atoms with Crippen molar-refractivity contribution in [3.05, 3.63) is 160 Å². The topological polar surface area (TPSA) is 110 Å². The maximum atomic E-state index is 13.4. The molecule has 15 heteroatoms. The number of halogens is 4. The summed E-state index contributed by atoms with van der Waals surface area (Å²) in [4.78, 5) is 30.2. The summed E-state index contributed by atoms with van der Waals surface area (Å²) in [5.41, 5.74) is 10.8. The number of carbonyl (C=O) groups is 1. The van der Waals surface area contributed by atoms with Crippen molar-refractivity contribution >= 4 is 61.0 Å². The number of benzene rings is 2. The number of amides is 1. The maximum absolute atomic E-state index is 13.4. The number of carbonyl (C=O) groups excluding carboxylic acids is 1. The van der Waals surface area contributed by atoms with Gasteiger partial charge in [-0.05, 0) is 146 Å². The lowest BCUT2D eigenvalue weighted by molar-refractivity contribution is -0.605. The first-order valence-corrected chi connectivity index (χ1v) is 24.4. The molecule has 0 spiro atoms. The van der Waals surface area contributed by atoms with Crippen molar-refractivity contribution in [1.29, 1.82) is 0 Å². The first kappa shape index (κ1) is 47.0. The van der Waals surface area contributed by atoms with Crippen molar-refractivity contribution in [3.63, 3.8) is 0 Å². The summed E-state index contributed by atoms with van der Waals surface area (Å²) < 4.78 is 13.5. The summed E-state index contributed by atoms with van der Waals surface area (Å²) in [6.07, 6.45) is 12.5. The number of piperazine rings is 2. The number of fused-ring (bicyclic) bond motifs is 4. The summed E-state index contributed by atoms with van der Waals surface area (Å²) in [5, 5.41) is 16.6. The smallest absolute Gasteiger partial charge is 0.227 e. The van der Waals surface area contributed by atoms with E-state index in [-0.39, 0.29) is 30.5 Å². The molecule has 11 nitrogen and oxygen atoms in total. The third kappa shape index (κ3) is 11.2. The number of pyridine rings is 3. The Labute approximate surface area is 403 Å². The van der Waals surface area contributed by atoms with Crippen molar-refractivity contribution in [2.24, 2.45) is 0 Å². The lowest BCUT2D eigenvalue weighted by atomic mass is 9.94. The maximum Gasteiger partial charge on any atom is 0.227 e. The van der Waals surface area contributed by atoms with Gasteiger partial charge >= 0.3 is 0 Å². The van der Waals surface area contributed by atoms with Gasteiger partial charge in [-0.3, -0.25) is 24.6 Å². The Kier molecular flexibility index (Phi) is 16.1. The van der Waals surface area contributed by atoms with Crippen LogP contribution >= 0.6 is 55.1 Å². The molecule has 5 heterocycles. The predicted molar refractivity (Wildman–Crippen MR) is 258 cm³/mol. The lowest BCUT2D eigenvalue weighted by Gasteiger charge is -2.45. The Bertz CT molecular complexity index is 2310. The number of ether oxygens (including phenoxy) is 2. The monoisotopic (exact) mass is 1030 g/mol. The molecule has 0 bridgehead atoms.